The van der Waals surface area contributed by atoms with Crippen LogP contribution in [0.2, 0.25) is 0 Å². The van der Waals surface area contributed by atoms with Crippen molar-refractivity contribution in [2.24, 2.45) is 5.92 Å². The Morgan fingerprint density at radius 1 is 1.67 bits per heavy atom. The molecule has 0 aromatic heterocycles. The zero-order valence-corrected chi connectivity index (χ0v) is 5.97. The van der Waals surface area contributed by atoms with Crippen LogP contribution >= 0.6 is 0 Å². The van der Waals surface area contributed by atoms with E-state index in [0.717, 1.165) is 19.8 Å². The monoisotopic (exact) mass is 128 g/mol. The van der Waals surface area contributed by atoms with Crippen LogP contribution in [0.5, 0.6) is 0 Å². The molecule has 2 nitrogen and oxygen atoms in total. The van der Waals surface area contributed by atoms with Crippen molar-refractivity contribution in [3.8, 4) is 0 Å². The topological polar surface area (TPSA) is 23.3 Å². The molecule has 1 unspecified atom stereocenters. The molecule has 0 spiro atoms. The largest absolute Gasteiger partial charge is 0.665 e. The van der Waals surface area contributed by atoms with Crippen molar-refractivity contribution in [2.75, 3.05) is 26.8 Å². The molecule has 0 saturated carbocycles. The molecule has 2 heteroatoms. The summed E-state index contributed by atoms with van der Waals surface area (Å²) < 4.78 is 5.27. The van der Waals surface area contributed by atoms with Crippen LogP contribution in [0.25, 0.3) is 5.32 Å². The number of ether oxygens (including phenoxy) is 1. The molecule has 0 radical (unpaired) electrons. The zero-order valence-electron chi connectivity index (χ0n) is 5.97. The summed E-state index contributed by atoms with van der Waals surface area (Å²) in [5.74, 6) is 0.712. The zero-order chi connectivity index (χ0) is 6.53. The average molecular weight is 128 g/mol. The quantitative estimate of drug-likeness (QED) is 0.551. The predicted molar refractivity (Wildman–Crippen MR) is 37.7 cm³/mol. The lowest BCUT2D eigenvalue weighted by Crippen LogP contribution is -2.19. The minimum absolute atomic E-state index is 0.712. The standard InChI is InChI=1S/C7H14NO/c1-8-5-7-3-2-4-9-6-7/h7H,2-6H2,1H3/q-1. The molecule has 54 valence electrons. The highest BCUT2D eigenvalue weighted by atomic mass is 16.5. The Kier molecular flexibility index (Phi) is 3.01. The SMILES string of the molecule is C[N-]CC1CCCOC1. The van der Waals surface area contributed by atoms with Crippen LogP contribution in [0.4, 0.5) is 0 Å². The summed E-state index contributed by atoms with van der Waals surface area (Å²) in [4.78, 5) is 0. The van der Waals surface area contributed by atoms with Crippen molar-refractivity contribution in [1.29, 1.82) is 0 Å². The van der Waals surface area contributed by atoms with Crippen LogP contribution in [-0.2, 0) is 4.74 Å². The lowest BCUT2D eigenvalue weighted by atomic mass is 10.0. The van der Waals surface area contributed by atoms with Gasteiger partial charge in [-0.1, -0.05) is 0 Å². The van der Waals surface area contributed by atoms with Gasteiger partial charge < -0.3 is 10.1 Å². The van der Waals surface area contributed by atoms with Gasteiger partial charge in [0, 0.05) is 13.2 Å². The number of hydrogen-bond donors (Lipinski definition) is 0. The Balaban J connectivity index is 2.08. The van der Waals surface area contributed by atoms with Gasteiger partial charge >= 0.3 is 0 Å². The maximum absolute atomic E-state index is 5.27. The summed E-state index contributed by atoms with van der Waals surface area (Å²) >= 11 is 0. The highest BCUT2D eigenvalue weighted by Crippen LogP contribution is 2.14. The van der Waals surface area contributed by atoms with E-state index in [9.17, 15) is 0 Å². The Morgan fingerprint density at radius 2 is 2.56 bits per heavy atom. The van der Waals surface area contributed by atoms with Crippen molar-refractivity contribution in [3.05, 3.63) is 5.32 Å². The van der Waals surface area contributed by atoms with E-state index in [0.29, 0.717) is 5.92 Å². The Morgan fingerprint density at radius 3 is 3.11 bits per heavy atom. The van der Waals surface area contributed by atoms with E-state index in [4.69, 9.17) is 4.74 Å². The van der Waals surface area contributed by atoms with Gasteiger partial charge in [0.2, 0.25) is 0 Å². The van der Waals surface area contributed by atoms with Crippen LogP contribution in [0.3, 0.4) is 0 Å². The molecule has 1 aliphatic heterocycles. The summed E-state index contributed by atoms with van der Waals surface area (Å²) in [6, 6.07) is 0. The van der Waals surface area contributed by atoms with E-state index < -0.39 is 0 Å². The molecule has 1 saturated heterocycles. The highest BCUT2D eigenvalue weighted by molar-refractivity contribution is 4.77. The van der Waals surface area contributed by atoms with Gasteiger partial charge in [-0.15, -0.1) is 6.54 Å². The Bertz CT molecular complexity index is 66.6. The molecule has 0 aliphatic carbocycles. The second-order valence-electron chi connectivity index (χ2n) is 2.58. The molecule has 9 heavy (non-hydrogen) atoms. The maximum atomic E-state index is 5.27. The molecule has 0 aromatic rings. The molecule has 1 rings (SSSR count). The Labute approximate surface area is 56.6 Å². The molecule has 1 atom stereocenters. The minimum Gasteiger partial charge on any atom is -0.665 e. The van der Waals surface area contributed by atoms with Gasteiger partial charge in [-0.2, -0.15) is 7.05 Å². The Hall–Kier alpha value is -0.0800. The molecular weight excluding hydrogens is 114 g/mol. The van der Waals surface area contributed by atoms with E-state index in [1.807, 2.05) is 7.05 Å². The van der Waals surface area contributed by atoms with E-state index in [1.165, 1.54) is 12.8 Å². The van der Waals surface area contributed by atoms with Crippen LogP contribution < -0.4 is 0 Å². The molecule has 1 fully saturated rings. The second-order valence-corrected chi connectivity index (χ2v) is 2.58. The molecule has 0 aromatic carbocycles. The highest BCUT2D eigenvalue weighted by Gasteiger charge is 2.08. The summed E-state index contributed by atoms with van der Waals surface area (Å²) in [7, 11) is 1.87. The summed E-state index contributed by atoms with van der Waals surface area (Å²) in [6.07, 6.45) is 2.53. The molecule has 0 N–H and O–H groups in total. The van der Waals surface area contributed by atoms with E-state index >= 15 is 0 Å². The van der Waals surface area contributed by atoms with Crippen molar-refractivity contribution in [3.63, 3.8) is 0 Å². The van der Waals surface area contributed by atoms with Crippen molar-refractivity contribution < 1.29 is 4.74 Å². The lowest BCUT2D eigenvalue weighted by Gasteiger charge is -2.26. The number of nitrogens with zero attached hydrogens (tertiary/aromatic N) is 1. The fraction of sp³-hybridized carbons (Fsp3) is 1.00. The van der Waals surface area contributed by atoms with E-state index in [2.05, 4.69) is 5.32 Å². The molecule has 1 aliphatic rings. The van der Waals surface area contributed by atoms with Gasteiger partial charge in [0.1, 0.15) is 0 Å². The third-order valence-corrected chi connectivity index (χ3v) is 1.70. The third-order valence-electron chi connectivity index (χ3n) is 1.70. The fourth-order valence-electron chi connectivity index (χ4n) is 1.21. The maximum Gasteiger partial charge on any atom is 0.0477 e. The number of rotatable bonds is 2. The van der Waals surface area contributed by atoms with E-state index in [-0.39, 0.29) is 0 Å². The van der Waals surface area contributed by atoms with Gasteiger partial charge in [-0.3, -0.25) is 0 Å². The fourth-order valence-corrected chi connectivity index (χ4v) is 1.21. The van der Waals surface area contributed by atoms with Crippen molar-refractivity contribution >= 4 is 0 Å². The molecule has 0 bridgehead atoms. The first-order valence-electron chi connectivity index (χ1n) is 3.57. The van der Waals surface area contributed by atoms with Gasteiger partial charge in [0.25, 0.3) is 0 Å². The van der Waals surface area contributed by atoms with E-state index in [1.54, 1.807) is 0 Å². The van der Waals surface area contributed by atoms with Crippen LogP contribution in [0, 0.1) is 5.92 Å². The number of hydrogen-bond acceptors (Lipinski definition) is 1. The predicted octanol–water partition coefficient (Wildman–Crippen LogP) is 1.42. The second kappa shape index (κ2) is 3.85. The van der Waals surface area contributed by atoms with Gasteiger partial charge in [-0.25, -0.2) is 0 Å². The van der Waals surface area contributed by atoms with Gasteiger partial charge in [-0.05, 0) is 18.8 Å². The smallest absolute Gasteiger partial charge is 0.0477 e. The first-order chi connectivity index (χ1) is 4.43. The summed E-state index contributed by atoms with van der Waals surface area (Å²) in [6.45, 7) is 2.87. The molecular formula is C7H14NO-. The van der Waals surface area contributed by atoms with Crippen LogP contribution in [-0.4, -0.2) is 26.8 Å². The minimum atomic E-state index is 0.712. The summed E-state index contributed by atoms with van der Waals surface area (Å²) in [5, 5.41) is 4.08. The van der Waals surface area contributed by atoms with Crippen LogP contribution in [0.1, 0.15) is 12.8 Å². The van der Waals surface area contributed by atoms with Gasteiger partial charge in [0.15, 0.2) is 0 Å². The first-order valence-corrected chi connectivity index (χ1v) is 3.57. The lowest BCUT2D eigenvalue weighted by molar-refractivity contribution is 0.0601. The molecule has 0 amide bonds. The molecule has 1 heterocycles. The summed E-state index contributed by atoms with van der Waals surface area (Å²) in [5.41, 5.74) is 0. The third kappa shape index (κ3) is 2.33. The van der Waals surface area contributed by atoms with Crippen molar-refractivity contribution in [1.82, 2.24) is 0 Å². The first kappa shape index (κ1) is 7.03. The average Bonchev–Trinajstić information content (AvgIpc) is 1.91. The normalized spacial score (nSPS) is 28.3. The van der Waals surface area contributed by atoms with Crippen LogP contribution in [0.15, 0.2) is 0 Å². The van der Waals surface area contributed by atoms with Crippen molar-refractivity contribution in [2.45, 2.75) is 12.8 Å². The van der Waals surface area contributed by atoms with Gasteiger partial charge in [0.05, 0.1) is 0 Å².